The fourth-order valence-corrected chi connectivity index (χ4v) is 5.99. The Morgan fingerprint density at radius 3 is 2.40 bits per heavy atom. The van der Waals surface area contributed by atoms with Gasteiger partial charge in [-0.25, -0.2) is 22.8 Å². The highest BCUT2D eigenvalue weighted by molar-refractivity contribution is 7.92. The number of nitrogens with one attached hydrogen (secondary N) is 3. The van der Waals surface area contributed by atoms with Crippen molar-refractivity contribution in [2.24, 2.45) is 5.73 Å². The minimum atomic E-state index is -4.01. The first-order chi connectivity index (χ1) is 16.5. The number of hydrogen-bond acceptors (Lipinski definition) is 8. The summed E-state index contributed by atoms with van der Waals surface area (Å²) in [6.45, 7) is 1.75. The van der Waals surface area contributed by atoms with Gasteiger partial charge in [0, 0.05) is 23.2 Å². The van der Waals surface area contributed by atoms with Crippen LogP contribution in [0.15, 0.2) is 52.7 Å². The monoisotopic (exact) mass is 533 g/mol. The smallest absolute Gasteiger partial charge is 0.333 e. The van der Waals surface area contributed by atoms with Crippen molar-refractivity contribution in [1.82, 2.24) is 4.72 Å². The Labute approximate surface area is 210 Å². The van der Waals surface area contributed by atoms with Crippen molar-refractivity contribution in [1.29, 1.82) is 0 Å². The fourth-order valence-electron chi connectivity index (χ4n) is 3.54. The molecule has 1 unspecified atom stereocenters. The van der Waals surface area contributed by atoms with Gasteiger partial charge in [0.05, 0.1) is 16.4 Å². The molecular weight excluding hydrogens is 514 g/mol. The lowest BCUT2D eigenvalue weighted by atomic mass is 9.93. The van der Waals surface area contributed by atoms with Crippen LogP contribution < -0.4 is 26.0 Å². The number of carbonyl (C=O) groups is 3. The Morgan fingerprint density at radius 2 is 1.80 bits per heavy atom. The summed E-state index contributed by atoms with van der Waals surface area (Å²) in [6, 6.07) is 9.76. The maximum Gasteiger partial charge on any atom is 0.333 e. The largest absolute Gasteiger partial charge is 0.387 e. The molecule has 3 aromatic rings. The summed E-state index contributed by atoms with van der Waals surface area (Å²) >= 11 is 7.25. The highest BCUT2D eigenvalue weighted by Crippen LogP contribution is 2.35. The summed E-state index contributed by atoms with van der Waals surface area (Å²) in [5.74, 6) is -1.21. The Hall–Kier alpha value is -3.45. The van der Waals surface area contributed by atoms with E-state index < -0.39 is 33.9 Å². The number of benzene rings is 2. The number of carbonyl (C=O) groups excluding carboxylic acids is 3. The number of imide groups is 1. The Balaban J connectivity index is 1.52. The molecule has 0 saturated carbocycles. The van der Waals surface area contributed by atoms with E-state index in [-0.39, 0.29) is 21.1 Å². The Morgan fingerprint density at radius 1 is 1.11 bits per heavy atom. The standard InChI is InChI=1S/C22H20ClN5O5S2/c1-11-3-8-18(34-11)35(32,33)27-22(31)26-12-4-6-13(7-5-12)28-20(29)15-9-16(23)17(25-2)10-14(15)19(24)21(28)30/h3-10,19,25H,24H2,1-2H3,(H2,26,27,31). The topological polar surface area (TPSA) is 151 Å². The van der Waals surface area contributed by atoms with E-state index in [9.17, 15) is 22.8 Å². The van der Waals surface area contributed by atoms with E-state index in [1.165, 1.54) is 36.4 Å². The number of anilines is 3. The van der Waals surface area contributed by atoms with Crippen molar-refractivity contribution in [3.05, 3.63) is 69.6 Å². The molecule has 1 atom stereocenters. The van der Waals surface area contributed by atoms with E-state index in [0.717, 1.165) is 21.1 Å². The van der Waals surface area contributed by atoms with Crippen molar-refractivity contribution < 1.29 is 22.8 Å². The SMILES string of the molecule is CNc1cc2c(cc1Cl)C(=O)N(c1ccc(NC(=O)NS(=O)(=O)c3ccc(C)s3)cc1)C(=O)C2N. The van der Waals surface area contributed by atoms with Gasteiger partial charge in [0.15, 0.2) is 0 Å². The van der Waals surface area contributed by atoms with Crippen LogP contribution in [0.2, 0.25) is 5.02 Å². The number of rotatable bonds is 5. The second-order valence-electron chi connectivity index (χ2n) is 7.60. The van der Waals surface area contributed by atoms with Crippen LogP contribution in [0.4, 0.5) is 21.9 Å². The van der Waals surface area contributed by atoms with Gasteiger partial charge in [0.2, 0.25) is 0 Å². The number of halogens is 1. The molecule has 5 N–H and O–H groups in total. The molecule has 2 heterocycles. The summed E-state index contributed by atoms with van der Waals surface area (Å²) in [5, 5.41) is 5.60. The van der Waals surface area contributed by atoms with Crippen LogP contribution in [-0.4, -0.2) is 33.3 Å². The number of amides is 4. The van der Waals surface area contributed by atoms with Crippen LogP contribution in [0.1, 0.15) is 26.8 Å². The van der Waals surface area contributed by atoms with Crippen LogP contribution in [0.5, 0.6) is 0 Å². The van der Waals surface area contributed by atoms with Crippen molar-refractivity contribution >= 4 is 67.9 Å². The molecule has 0 spiro atoms. The van der Waals surface area contributed by atoms with E-state index in [1.807, 2.05) is 4.72 Å². The van der Waals surface area contributed by atoms with Gasteiger partial charge in [-0.1, -0.05) is 11.6 Å². The maximum atomic E-state index is 13.1. The lowest BCUT2D eigenvalue weighted by Gasteiger charge is -2.31. The molecule has 4 amide bonds. The number of hydrogen-bond donors (Lipinski definition) is 4. The first kappa shape index (κ1) is 24.7. The average Bonchev–Trinajstić information content (AvgIpc) is 3.25. The van der Waals surface area contributed by atoms with Crippen molar-refractivity contribution in [3.63, 3.8) is 0 Å². The first-order valence-corrected chi connectivity index (χ1v) is 12.8. The molecule has 0 radical (unpaired) electrons. The van der Waals surface area contributed by atoms with Gasteiger partial charge >= 0.3 is 6.03 Å². The molecule has 1 aliphatic heterocycles. The molecule has 4 rings (SSSR count). The first-order valence-electron chi connectivity index (χ1n) is 10.2. The second kappa shape index (κ2) is 9.30. The average molecular weight is 534 g/mol. The molecule has 0 fully saturated rings. The third kappa shape index (κ3) is 4.73. The van der Waals surface area contributed by atoms with Gasteiger partial charge in [-0.2, -0.15) is 0 Å². The predicted octanol–water partition coefficient (Wildman–Crippen LogP) is 3.45. The van der Waals surface area contributed by atoms with Crippen molar-refractivity contribution in [2.75, 3.05) is 22.6 Å². The van der Waals surface area contributed by atoms with E-state index in [0.29, 0.717) is 16.3 Å². The van der Waals surface area contributed by atoms with E-state index in [2.05, 4.69) is 10.6 Å². The summed E-state index contributed by atoms with van der Waals surface area (Å²) in [7, 11) is -2.35. The van der Waals surface area contributed by atoms with Crippen molar-refractivity contribution in [2.45, 2.75) is 17.2 Å². The van der Waals surface area contributed by atoms with Gasteiger partial charge in [-0.3, -0.25) is 9.59 Å². The Kier molecular flexibility index (Phi) is 6.56. The summed E-state index contributed by atoms with van der Waals surface area (Å²) in [4.78, 5) is 40.0. The molecule has 0 saturated heterocycles. The lowest BCUT2D eigenvalue weighted by molar-refractivity contribution is -0.119. The minimum Gasteiger partial charge on any atom is -0.387 e. The van der Waals surface area contributed by atoms with Gasteiger partial charge in [-0.05, 0) is 61.0 Å². The third-order valence-electron chi connectivity index (χ3n) is 5.25. The summed E-state index contributed by atoms with van der Waals surface area (Å²) < 4.78 is 26.6. The molecule has 35 heavy (non-hydrogen) atoms. The lowest BCUT2D eigenvalue weighted by Crippen LogP contribution is -2.47. The molecule has 0 bridgehead atoms. The molecule has 10 nitrogen and oxygen atoms in total. The third-order valence-corrected chi connectivity index (χ3v) is 8.39. The van der Waals surface area contributed by atoms with Crippen LogP contribution >= 0.6 is 22.9 Å². The normalized spacial score (nSPS) is 15.5. The zero-order valence-corrected chi connectivity index (χ0v) is 20.8. The zero-order chi connectivity index (χ0) is 25.5. The van der Waals surface area contributed by atoms with Crippen LogP contribution in [0.3, 0.4) is 0 Å². The Bertz CT molecular complexity index is 1450. The number of urea groups is 1. The molecule has 182 valence electrons. The van der Waals surface area contributed by atoms with Gasteiger partial charge in [0.25, 0.3) is 21.8 Å². The molecule has 2 aromatic carbocycles. The number of thiophene rings is 1. The summed E-state index contributed by atoms with van der Waals surface area (Å²) in [5.41, 5.74) is 7.70. The molecule has 0 aliphatic carbocycles. The highest BCUT2D eigenvalue weighted by atomic mass is 35.5. The van der Waals surface area contributed by atoms with Crippen LogP contribution in [0.25, 0.3) is 0 Å². The number of aryl methyl sites for hydroxylation is 1. The summed E-state index contributed by atoms with van der Waals surface area (Å²) in [6.07, 6.45) is 0. The molecular formula is C22H20ClN5O5S2. The molecule has 1 aromatic heterocycles. The van der Waals surface area contributed by atoms with Gasteiger partial charge in [0.1, 0.15) is 10.3 Å². The fraction of sp³-hybridized carbons (Fsp3) is 0.136. The van der Waals surface area contributed by atoms with Gasteiger partial charge < -0.3 is 16.4 Å². The van der Waals surface area contributed by atoms with E-state index >= 15 is 0 Å². The highest BCUT2D eigenvalue weighted by Gasteiger charge is 2.38. The van der Waals surface area contributed by atoms with Gasteiger partial charge in [-0.15, -0.1) is 11.3 Å². The molecule has 1 aliphatic rings. The van der Waals surface area contributed by atoms with Crippen molar-refractivity contribution in [3.8, 4) is 0 Å². The van der Waals surface area contributed by atoms with Crippen LogP contribution in [-0.2, 0) is 14.8 Å². The maximum absolute atomic E-state index is 13.1. The quantitative estimate of drug-likeness (QED) is 0.367. The van der Waals surface area contributed by atoms with E-state index in [4.69, 9.17) is 17.3 Å². The van der Waals surface area contributed by atoms with Crippen LogP contribution in [0, 0.1) is 6.92 Å². The zero-order valence-electron chi connectivity index (χ0n) is 18.5. The number of nitrogens with zero attached hydrogens (tertiary/aromatic N) is 1. The number of nitrogens with two attached hydrogens (primary N) is 1. The second-order valence-corrected chi connectivity index (χ2v) is 11.2. The number of fused-ring (bicyclic) bond motifs is 1. The predicted molar refractivity (Wildman–Crippen MR) is 135 cm³/mol. The number of sulfonamides is 1. The minimum absolute atomic E-state index is 0.0150. The van der Waals surface area contributed by atoms with E-state index in [1.54, 1.807) is 26.1 Å². The molecule has 13 heteroatoms.